The van der Waals surface area contributed by atoms with Crippen LogP contribution in [0.2, 0.25) is 5.02 Å². The van der Waals surface area contributed by atoms with Crippen molar-refractivity contribution in [2.24, 2.45) is 0 Å². The van der Waals surface area contributed by atoms with Crippen molar-refractivity contribution in [3.05, 3.63) is 70.4 Å². The molecular weight excluding hydrogens is 464 g/mol. The molecule has 0 atom stereocenters. The van der Waals surface area contributed by atoms with Crippen LogP contribution in [0.15, 0.2) is 42.6 Å². The molecule has 0 aliphatic carbocycles. The van der Waals surface area contributed by atoms with Crippen LogP contribution in [0.3, 0.4) is 0 Å². The van der Waals surface area contributed by atoms with E-state index >= 15 is 0 Å². The summed E-state index contributed by atoms with van der Waals surface area (Å²) in [6, 6.07) is 8.77. The maximum Gasteiger partial charge on any atom is 0.258 e. The number of nitrogens with zero attached hydrogens (tertiary/aromatic N) is 3. The van der Waals surface area contributed by atoms with E-state index in [2.05, 4.69) is 20.2 Å². The highest BCUT2D eigenvalue weighted by molar-refractivity contribution is 6.31. The van der Waals surface area contributed by atoms with Gasteiger partial charge in [-0.15, -0.1) is 0 Å². The third-order valence-corrected chi connectivity index (χ3v) is 6.02. The van der Waals surface area contributed by atoms with Crippen LogP contribution in [0, 0.1) is 11.6 Å². The van der Waals surface area contributed by atoms with Gasteiger partial charge in [0.25, 0.3) is 11.8 Å². The number of amides is 1. The fourth-order valence-electron chi connectivity index (χ4n) is 3.70. The Kier molecular flexibility index (Phi) is 7.54. The van der Waals surface area contributed by atoms with Crippen LogP contribution in [-0.2, 0) is 6.61 Å². The number of nitrogens with two attached hydrogens (primary N) is 1. The Hall–Kier alpha value is -3.30. The maximum absolute atomic E-state index is 14.0. The number of nitrogens with one attached hydrogen (secondary N) is 1. The van der Waals surface area contributed by atoms with Crippen LogP contribution < -0.4 is 15.8 Å². The largest absolute Gasteiger partial charge is 0.470 e. The lowest BCUT2D eigenvalue weighted by atomic mass is 10.1. The number of carbonyl (C=O) groups excluding carboxylic acids is 1. The first-order chi connectivity index (χ1) is 16.4. The summed E-state index contributed by atoms with van der Waals surface area (Å²) >= 11 is 5.84. The minimum atomic E-state index is -0.755. The number of likely N-dealkylation sites (tertiary alicyclic amines) is 1. The van der Waals surface area contributed by atoms with Gasteiger partial charge in [0.05, 0.1) is 16.9 Å². The summed E-state index contributed by atoms with van der Waals surface area (Å²) in [6.45, 7) is 3.24. The lowest BCUT2D eigenvalue weighted by molar-refractivity contribution is 0.0949. The Morgan fingerprint density at radius 3 is 2.56 bits per heavy atom. The molecular formula is C24H24ClF2N5O2. The molecule has 178 valence electrons. The van der Waals surface area contributed by atoms with Gasteiger partial charge in [-0.05, 0) is 50.2 Å². The Balaban J connectivity index is 1.41. The first-order valence-corrected chi connectivity index (χ1v) is 11.3. The quantitative estimate of drug-likeness (QED) is 0.465. The van der Waals surface area contributed by atoms with Crippen molar-refractivity contribution in [3.63, 3.8) is 0 Å². The van der Waals surface area contributed by atoms with Crippen LogP contribution in [-0.4, -0.2) is 47.0 Å². The molecule has 1 aliphatic rings. The molecule has 4 rings (SSSR count). The average Bonchev–Trinajstić information content (AvgIpc) is 3.36. The number of halogens is 3. The molecule has 1 fully saturated rings. The fraction of sp³-hybridized carbons (Fsp3) is 0.292. The highest BCUT2D eigenvalue weighted by atomic mass is 35.5. The van der Waals surface area contributed by atoms with E-state index in [1.165, 1.54) is 19.0 Å². The molecule has 0 bridgehead atoms. The van der Waals surface area contributed by atoms with E-state index in [0.717, 1.165) is 31.8 Å². The maximum atomic E-state index is 14.0. The van der Waals surface area contributed by atoms with E-state index in [1.54, 1.807) is 24.3 Å². The van der Waals surface area contributed by atoms with Gasteiger partial charge in [-0.2, -0.15) is 0 Å². The summed E-state index contributed by atoms with van der Waals surface area (Å²) in [7, 11) is 0. The number of aromatic nitrogens is 2. The Labute approximate surface area is 200 Å². The number of hydrogen-bond acceptors (Lipinski definition) is 6. The zero-order valence-corrected chi connectivity index (χ0v) is 19.1. The van der Waals surface area contributed by atoms with Gasteiger partial charge in [0.15, 0.2) is 5.82 Å². The van der Waals surface area contributed by atoms with Gasteiger partial charge >= 0.3 is 0 Å². The molecule has 1 saturated heterocycles. The van der Waals surface area contributed by atoms with E-state index in [9.17, 15) is 13.6 Å². The molecule has 0 saturated carbocycles. The number of carbonyl (C=O) groups is 1. The second-order valence-electron chi connectivity index (χ2n) is 7.94. The zero-order chi connectivity index (χ0) is 24.1. The fourth-order valence-corrected chi connectivity index (χ4v) is 3.90. The molecule has 0 radical (unpaired) electrons. The van der Waals surface area contributed by atoms with E-state index in [-0.39, 0.29) is 34.8 Å². The molecule has 2 aromatic carbocycles. The third kappa shape index (κ3) is 5.60. The number of rotatable bonds is 8. The molecule has 7 nitrogen and oxygen atoms in total. The number of hydrogen-bond donors (Lipinski definition) is 2. The molecule has 34 heavy (non-hydrogen) atoms. The molecule has 1 amide bonds. The topological polar surface area (TPSA) is 93.4 Å². The predicted octanol–water partition coefficient (Wildman–Crippen LogP) is 4.06. The summed E-state index contributed by atoms with van der Waals surface area (Å²) in [6.07, 6.45) is 3.89. The summed E-state index contributed by atoms with van der Waals surface area (Å²) in [5.41, 5.74) is 7.34. The van der Waals surface area contributed by atoms with E-state index in [1.807, 2.05) is 0 Å². The van der Waals surface area contributed by atoms with Crippen LogP contribution >= 0.6 is 11.6 Å². The van der Waals surface area contributed by atoms with E-state index in [4.69, 9.17) is 22.1 Å². The summed E-state index contributed by atoms with van der Waals surface area (Å²) in [5.74, 6) is -1.66. The summed E-state index contributed by atoms with van der Waals surface area (Å²) in [5, 5.41) is 2.57. The standard InChI is InChI=1S/C24H24ClF2N5O2/c25-21-17(18(26)7-8-19(21)27)14-34-24-22(28)30-13-20(31-24)15-3-5-16(6-4-15)23(33)29-9-12-32-10-1-2-11-32/h3-8,13H,1-2,9-12,14H2,(H2,28,30)(H,29,33). The summed E-state index contributed by atoms with van der Waals surface area (Å²) in [4.78, 5) is 23.1. The monoisotopic (exact) mass is 487 g/mol. The smallest absolute Gasteiger partial charge is 0.258 e. The van der Waals surface area contributed by atoms with Crippen molar-refractivity contribution in [1.29, 1.82) is 0 Å². The van der Waals surface area contributed by atoms with Crippen molar-refractivity contribution in [2.45, 2.75) is 19.4 Å². The van der Waals surface area contributed by atoms with Crippen LogP contribution in [0.1, 0.15) is 28.8 Å². The Morgan fingerprint density at radius 1 is 1.12 bits per heavy atom. The Morgan fingerprint density at radius 2 is 1.82 bits per heavy atom. The molecule has 0 spiro atoms. The van der Waals surface area contributed by atoms with Gasteiger partial charge in [0.1, 0.15) is 18.2 Å². The van der Waals surface area contributed by atoms with Crippen molar-refractivity contribution in [1.82, 2.24) is 20.2 Å². The first kappa shape index (κ1) is 23.8. The predicted molar refractivity (Wildman–Crippen MR) is 126 cm³/mol. The van der Waals surface area contributed by atoms with Gasteiger partial charge in [-0.1, -0.05) is 23.7 Å². The van der Waals surface area contributed by atoms with Crippen molar-refractivity contribution < 1.29 is 18.3 Å². The second kappa shape index (κ2) is 10.8. The van der Waals surface area contributed by atoms with E-state index in [0.29, 0.717) is 23.4 Å². The lowest BCUT2D eigenvalue weighted by Gasteiger charge is -2.14. The third-order valence-electron chi connectivity index (χ3n) is 5.61. The molecule has 3 N–H and O–H groups in total. The highest BCUT2D eigenvalue weighted by Gasteiger charge is 2.16. The van der Waals surface area contributed by atoms with Gasteiger partial charge in [-0.25, -0.2) is 18.7 Å². The van der Waals surface area contributed by atoms with Gasteiger partial charge in [0, 0.05) is 29.8 Å². The number of nitrogen functional groups attached to an aromatic ring is 1. The first-order valence-electron chi connectivity index (χ1n) is 10.9. The summed E-state index contributed by atoms with van der Waals surface area (Å²) < 4.78 is 33.1. The van der Waals surface area contributed by atoms with Crippen LogP contribution in [0.25, 0.3) is 11.3 Å². The number of ether oxygens (including phenoxy) is 1. The van der Waals surface area contributed by atoms with Crippen molar-refractivity contribution in [3.8, 4) is 17.1 Å². The molecule has 2 heterocycles. The lowest BCUT2D eigenvalue weighted by Crippen LogP contribution is -2.33. The zero-order valence-electron chi connectivity index (χ0n) is 18.4. The minimum Gasteiger partial charge on any atom is -0.470 e. The van der Waals surface area contributed by atoms with Gasteiger partial charge in [0.2, 0.25) is 0 Å². The van der Waals surface area contributed by atoms with Crippen LogP contribution in [0.5, 0.6) is 5.88 Å². The van der Waals surface area contributed by atoms with Crippen molar-refractivity contribution >= 4 is 23.3 Å². The molecule has 1 aromatic heterocycles. The number of anilines is 1. The van der Waals surface area contributed by atoms with Crippen LogP contribution in [0.4, 0.5) is 14.6 Å². The highest BCUT2D eigenvalue weighted by Crippen LogP contribution is 2.27. The minimum absolute atomic E-state index is 0.00863. The second-order valence-corrected chi connectivity index (χ2v) is 8.32. The molecule has 3 aromatic rings. The number of benzene rings is 2. The normalized spacial score (nSPS) is 13.7. The Bertz CT molecular complexity index is 1170. The van der Waals surface area contributed by atoms with Crippen molar-refractivity contribution in [2.75, 3.05) is 31.9 Å². The van der Waals surface area contributed by atoms with Gasteiger partial charge in [-0.3, -0.25) is 4.79 Å². The van der Waals surface area contributed by atoms with Gasteiger partial charge < -0.3 is 20.7 Å². The molecule has 1 aliphatic heterocycles. The molecule has 0 unspecified atom stereocenters. The van der Waals surface area contributed by atoms with E-state index < -0.39 is 11.6 Å². The SMILES string of the molecule is Nc1ncc(-c2ccc(C(=O)NCCN3CCCC3)cc2)nc1OCc1c(F)ccc(F)c1Cl. The average molecular weight is 488 g/mol. The molecule has 10 heteroatoms.